The molecule has 0 aromatic carbocycles. The minimum atomic E-state index is -0.953. The number of aromatic nitrogens is 3. The van der Waals surface area contributed by atoms with Crippen molar-refractivity contribution in [2.45, 2.75) is 24.0 Å². The van der Waals surface area contributed by atoms with E-state index >= 15 is 0 Å². The van der Waals surface area contributed by atoms with E-state index < -0.39 is 11.4 Å². The number of thioether (sulfide) groups is 1. The van der Waals surface area contributed by atoms with Crippen molar-refractivity contribution in [2.24, 2.45) is 18.5 Å². The van der Waals surface area contributed by atoms with Crippen LogP contribution < -0.4 is 11.5 Å². The second-order valence-corrected chi connectivity index (χ2v) is 4.61. The van der Waals surface area contributed by atoms with Crippen LogP contribution in [0.2, 0.25) is 0 Å². The quantitative estimate of drug-likeness (QED) is 0.663. The van der Waals surface area contributed by atoms with Gasteiger partial charge < -0.3 is 11.5 Å². The molecule has 1 heterocycles. The van der Waals surface area contributed by atoms with Gasteiger partial charge in [0.2, 0.25) is 5.91 Å². The Morgan fingerprint density at radius 3 is 2.87 bits per heavy atom. The lowest BCUT2D eigenvalue weighted by molar-refractivity contribution is -0.122. The Morgan fingerprint density at radius 1 is 1.73 bits per heavy atom. The maximum absolute atomic E-state index is 10.9. The Hall–Kier alpha value is -1.08. The van der Waals surface area contributed by atoms with E-state index in [1.54, 1.807) is 11.6 Å². The van der Waals surface area contributed by atoms with Gasteiger partial charge in [0, 0.05) is 12.8 Å². The van der Waals surface area contributed by atoms with Crippen LogP contribution in [0.5, 0.6) is 0 Å². The Balaban J connectivity index is 2.40. The van der Waals surface area contributed by atoms with Gasteiger partial charge in [0.1, 0.15) is 6.33 Å². The van der Waals surface area contributed by atoms with Gasteiger partial charge >= 0.3 is 0 Å². The zero-order valence-corrected chi connectivity index (χ0v) is 9.62. The highest BCUT2D eigenvalue weighted by Crippen LogP contribution is 2.17. The van der Waals surface area contributed by atoms with Crippen LogP contribution in [0, 0.1) is 0 Å². The summed E-state index contributed by atoms with van der Waals surface area (Å²) >= 11 is 1.50. The number of hydrogen-bond acceptors (Lipinski definition) is 5. The first-order valence-electron chi connectivity index (χ1n) is 4.49. The molecule has 1 unspecified atom stereocenters. The predicted molar refractivity (Wildman–Crippen MR) is 58.1 cm³/mol. The van der Waals surface area contributed by atoms with Crippen LogP contribution in [-0.2, 0) is 11.8 Å². The van der Waals surface area contributed by atoms with Gasteiger partial charge in [0.25, 0.3) is 0 Å². The predicted octanol–water partition coefficient (Wildman–Crippen LogP) is -0.500. The Kier molecular flexibility index (Phi) is 3.70. The number of amides is 1. The van der Waals surface area contributed by atoms with Gasteiger partial charge in [-0.3, -0.25) is 4.79 Å². The van der Waals surface area contributed by atoms with E-state index in [-0.39, 0.29) is 0 Å². The van der Waals surface area contributed by atoms with E-state index in [0.29, 0.717) is 12.2 Å². The molecule has 15 heavy (non-hydrogen) atoms. The fourth-order valence-electron chi connectivity index (χ4n) is 0.894. The molecular formula is C8H15N5OS. The van der Waals surface area contributed by atoms with Crippen molar-refractivity contribution in [3.8, 4) is 0 Å². The molecule has 0 saturated heterocycles. The van der Waals surface area contributed by atoms with Crippen LogP contribution >= 0.6 is 11.8 Å². The van der Waals surface area contributed by atoms with E-state index in [1.165, 1.54) is 18.1 Å². The fraction of sp³-hybridized carbons (Fsp3) is 0.625. The molecule has 0 bridgehead atoms. The van der Waals surface area contributed by atoms with Crippen LogP contribution in [0.3, 0.4) is 0 Å². The lowest BCUT2D eigenvalue weighted by Crippen LogP contribution is -2.49. The highest BCUT2D eigenvalue weighted by Gasteiger charge is 2.25. The molecular weight excluding hydrogens is 214 g/mol. The third-order valence-electron chi connectivity index (χ3n) is 2.09. The average molecular weight is 229 g/mol. The topological polar surface area (TPSA) is 99.8 Å². The minimum absolute atomic E-state index is 0.485. The van der Waals surface area contributed by atoms with Gasteiger partial charge in [0.15, 0.2) is 5.16 Å². The van der Waals surface area contributed by atoms with Crippen molar-refractivity contribution in [3.05, 3.63) is 6.33 Å². The van der Waals surface area contributed by atoms with Crippen molar-refractivity contribution in [1.29, 1.82) is 0 Å². The van der Waals surface area contributed by atoms with Crippen LogP contribution in [0.25, 0.3) is 0 Å². The standard InChI is InChI=1S/C8H15N5OS/c1-8(10,6(9)14)3-4-15-7-11-5-12-13(7)2/h5H,3-4,10H2,1-2H3,(H2,9,14). The molecule has 0 aliphatic carbocycles. The molecule has 1 atom stereocenters. The zero-order chi connectivity index (χ0) is 11.5. The Bertz CT molecular complexity index is 349. The molecule has 0 radical (unpaired) electrons. The van der Waals surface area contributed by atoms with Gasteiger partial charge in [-0.15, -0.1) is 0 Å². The Morgan fingerprint density at radius 2 is 2.40 bits per heavy atom. The van der Waals surface area contributed by atoms with Crippen molar-refractivity contribution in [2.75, 3.05) is 5.75 Å². The van der Waals surface area contributed by atoms with Crippen LogP contribution in [0.1, 0.15) is 13.3 Å². The number of carbonyl (C=O) groups excluding carboxylic acids is 1. The van der Waals surface area contributed by atoms with Crippen LogP contribution in [0.4, 0.5) is 0 Å². The summed E-state index contributed by atoms with van der Waals surface area (Å²) in [5, 5.41) is 4.73. The number of hydrogen-bond donors (Lipinski definition) is 2. The van der Waals surface area contributed by atoms with E-state index in [9.17, 15) is 4.79 Å². The van der Waals surface area contributed by atoms with E-state index in [1.807, 2.05) is 7.05 Å². The lowest BCUT2D eigenvalue weighted by Gasteiger charge is -2.19. The monoisotopic (exact) mass is 229 g/mol. The zero-order valence-electron chi connectivity index (χ0n) is 8.80. The van der Waals surface area contributed by atoms with Gasteiger partial charge in [-0.2, -0.15) is 5.10 Å². The molecule has 0 saturated carbocycles. The third-order valence-corrected chi connectivity index (χ3v) is 3.12. The summed E-state index contributed by atoms with van der Waals surface area (Å²) in [5.41, 5.74) is 9.91. The average Bonchev–Trinajstić information content (AvgIpc) is 2.51. The van der Waals surface area contributed by atoms with Crippen LogP contribution in [-0.4, -0.2) is 32.0 Å². The normalized spacial score (nSPS) is 14.9. The van der Waals surface area contributed by atoms with Gasteiger partial charge in [0.05, 0.1) is 5.54 Å². The Labute approximate surface area is 92.4 Å². The first-order valence-corrected chi connectivity index (χ1v) is 5.47. The van der Waals surface area contributed by atoms with E-state index in [0.717, 1.165) is 5.16 Å². The summed E-state index contributed by atoms with van der Waals surface area (Å²) in [5.74, 6) is 0.198. The molecule has 1 aromatic heterocycles. The van der Waals surface area contributed by atoms with Crippen molar-refractivity contribution in [1.82, 2.24) is 14.8 Å². The van der Waals surface area contributed by atoms with Crippen molar-refractivity contribution in [3.63, 3.8) is 0 Å². The first-order chi connectivity index (χ1) is 6.93. The summed E-state index contributed by atoms with van der Waals surface area (Å²) < 4.78 is 1.67. The molecule has 7 heteroatoms. The maximum atomic E-state index is 10.9. The summed E-state index contributed by atoms with van der Waals surface area (Å²) in [6.07, 6.45) is 2.00. The highest BCUT2D eigenvalue weighted by atomic mass is 32.2. The highest BCUT2D eigenvalue weighted by molar-refractivity contribution is 7.99. The minimum Gasteiger partial charge on any atom is -0.368 e. The molecule has 1 aromatic rings. The maximum Gasteiger partial charge on any atom is 0.237 e. The molecule has 84 valence electrons. The summed E-state index contributed by atoms with van der Waals surface area (Å²) in [6, 6.07) is 0. The molecule has 1 amide bonds. The number of nitrogens with two attached hydrogens (primary N) is 2. The summed E-state index contributed by atoms with van der Waals surface area (Å²) in [6.45, 7) is 1.63. The lowest BCUT2D eigenvalue weighted by atomic mass is 10.0. The molecule has 0 spiro atoms. The van der Waals surface area contributed by atoms with E-state index in [2.05, 4.69) is 10.1 Å². The molecule has 0 aliphatic rings. The van der Waals surface area contributed by atoms with Gasteiger partial charge in [-0.1, -0.05) is 11.8 Å². The van der Waals surface area contributed by atoms with E-state index in [4.69, 9.17) is 11.5 Å². The number of nitrogens with zero attached hydrogens (tertiary/aromatic N) is 3. The van der Waals surface area contributed by atoms with Crippen LogP contribution in [0.15, 0.2) is 11.5 Å². The van der Waals surface area contributed by atoms with Crippen molar-refractivity contribution >= 4 is 17.7 Å². The van der Waals surface area contributed by atoms with Gasteiger partial charge in [-0.05, 0) is 13.3 Å². The van der Waals surface area contributed by atoms with Crippen molar-refractivity contribution < 1.29 is 4.79 Å². The second kappa shape index (κ2) is 4.63. The first kappa shape index (κ1) is 12.0. The molecule has 0 aliphatic heterocycles. The molecule has 4 N–H and O–H groups in total. The van der Waals surface area contributed by atoms with Gasteiger partial charge in [-0.25, -0.2) is 9.67 Å². The second-order valence-electron chi connectivity index (χ2n) is 3.55. The summed E-state index contributed by atoms with van der Waals surface area (Å²) in [4.78, 5) is 15.0. The number of primary amides is 1. The largest absolute Gasteiger partial charge is 0.368 e. The number of carbonyl (C=O) groups is 1. The fourth-order valence-corrected chi connectivity index (χ4v) is 1.96. The molecule has 1 rings (SSSR count). The number of rotatable bonds is 5. The number of aryl methyl sites for hydroxylation is 1. The third kappa shape index (κ3) is 3.21. The summed E-state index contributed by atoms with van der Waals surface area (Å²) in [7, 11) is 1.81. The molecule has 6 nitrogen and oxygen atoms in total. The smallest absolute Gasteiger partial charge is 0.237 e. The molecule has 0 fully saturated rings. The SMILES string of the molecule is Cn1ncnc1SCCC(C)(N)C(N)=O.